The van der Waals surface area contributed by atoms with Gasteiger partial charge in [0.15, 0.2) is 0 Å². The molecular weight excluding hydrogens is 274 g/mol. The average molecular weight is 290 g/mol. The zero-order chi connectivity index (χ0) is 15.4. The molecule has 21 heavy (non-hydrogen) atoms. The predicted octanol–water partition coefficient (Wildman–Crippen LogP) is 3.63. The zero-order valence-electron chi connectivity index (χ0n) is 11.8. The van der Waals surface area contributed by atoms with Crippen molar-refractivity contribution in [3.05, 3.63) is 59.2 Å². The van der Waals surface area contributed by atoms with Crippen LogP contribution in [0.25, 0.3) is 0 Å². The third kappa shape index (κ3) is 4.02. The number of nitrogens with one attached hydrogen (secondary N) is 2. The van der Waals surface area contributed by atoms with Crippen molar-refractivity contribution in [3.8, 4) is 0 Å². The van der Waals surface area contributed by atoms with Gasteiger partial charge in [0.05, 0.1) is 6.54 Å². The average Bonchev–Trinajstić information content (AvgIpc) is 2.39. The van der Waals surface area contributed by atoms with Crippen LogP contribution < -0.4 is 10.6 Å². The minimum absolute atomic E-state index is 0.0163. The lowest BCUT2D eigenvalue weighted by molar-refractivity contribution is -0.114. The molecule has 0 fully saturated rings. The largest absolute Gasteiger partial charge is 0.376 e. The van der Waals surface area contributed by atoms with Crippen LogP contribution in [0.4, 0.5) is 20.2 Å². The van der Waals surface area contributed by atoms with E-state index in [0.29, 0.717) is 0 Å². The molecule has 0 atom stereocenters. The second-order valence-electron chi connectivity index (χ2n) is 4.81. The van der Waals surface area contributed by atoms with Gasteiger partial charge in [0.1, 0.15) is 11.6 Å². The molecule has 0 spiro atoms. The molecule has 1 amide bonds. The summed E-state index contributed by atoms with van der Waals surface area (Å²) in [5.74, 6) is -1.83. The van der Waals surface area contributed by atoms with Gasteiger partial charge in [0.25, 0.3) is 0 Å². The van der Waals surface area contributed by atoms with Gasteiger partial charge in [0.2, 0.25) is 5.91 Å². The van der Waals surface area contributed by atoms with Gasteiger partial charge in [-0.2, -0.15) is 0 Å². The molecule has 2 aromatic rings. The highest BCUT2D eigenvalue weighted by Gasteiger charge is 2.07. The molecule has 0 aliphatic heterocycles. The molecule has 2 N–H and O–H groups in total. The molecule has 5 heteroatoms. The normalized spacial score (nSPS) is 10.3. The number of rotatable bonds is 4. The topological polar surface area (TPSA) is 41.1 Å². The van der Waals surface area contributed by atoms with E-state index < -0.39 is 11.6 Å². The third-order valence-corrected chi connectivity index (χ3v) is 3.19. The second-order valence-corrected chi connectivity index (χ2v) is 4.81. The van der Waals surface area contributed by atoms with Crippen molar-refractivity contribution >= 4 is 17.3 Å². The first-order valence-electron chi connectivity index (χ1n) is 6.52. The quantitative estimate of drug-likeness (QED) is 0.902. The number of benzene rings is 2. The molecule has 0 aliphatic carbocycles. The van der Waals surface area contributed by atoms with Gasteiger partial charge >= 0.3 is 0 Å². The lowest BCUT2D eigenvalue weighted by Gasteiger charge is -2.11. The van der Waals surface area contributed by atoms with Crippen LogP contribution >= 0.6 is 0 Å². The molecule has 2 rings (SSSR count). The van der Waals surface area contributed by atoms with E-state index in [-0.39, 0.29) is 18.1 Å². The van der Waals surface area contributed by atoms with Crippen LogP contribution in [0.2, 0.25) is 0 Å². The summed E-state index contributed by atoms with van der Waals surface area (Å²) in [7, 11) is 0. The minimum atomic E-state index is -0.729. The van der Waals surface area contributed by atoms with Crippen molar-refractivity contribution in [2.24, 2.45) is 0 Å². The lowest BCUT2D eigenvalue weighted by Crippen LogP contribution is -2.22. The molecule has 0 saturated carbocycles. The minimum Gasteiger partial charge on any atom is -0.376 e. The molecule has 0 aliphatic rings. The first-order valence-corrected chi connectivity index (χ1v) is 6.52. The summed E-state index contributed by atoms with van der Waals surface area (Å²) in [5.41, 5.74) is 3.13. The Morgan fingerprint density at radius 2 is 1.76 bits per heavy atom. The molecule has 0 radical (unpaired) electrons. The Balaban J connectivity index is 1.97. The Bertz CT molecular complexity index is 651. The Hall–Kier alpha value is -2.43. The van der Waals surface area contributed by atoms with Gasteiger partial charge in [-0.1, -0.05) is 12.1 Å². The molecular formula is C16H16F2N2O. The van der Waals surface area contributed by atoms with Crippen LogP contribution in [0, 0.1) is 25.5 Å². The predicted molar refractivity (Wildman–Crippen MR) is 79.4 cm³/mol. The summed E-state index contributed by atoms with van der Waals surface area (Å²) in [6.45, 7) is 3.95. The summed E-state index contributed by atoms with van der Waals surface area (Å²) >= 11 is 0. The lowest BCUT2D eigenvalue weighted by atomic mass is 10.1. The van der Waals surface area contributed by atoms with Crippen LogP contribution in [0.1, 0.15) is 11.1 Å². The first-order chi connectivity index (χ1) is 9.95. The number of aryl methyl sites for hydroxylation is 1. The number of anilines is 2. The van der Waals surface area contributed by atoms with Crippen LogP contribution in [-0.4, -0.2) is 12.5 Å². The highest BCUT2D eigenvalue weighted by Crippen LogP contribution is 2.18. The van der Waals surface area contributed by atoms with Crippen molar-refractivity contribution < 1.29 is 13.6 Å². The molecule has 0 bridgehead atoms. The van der Waals surface area contributed by atoms with Gasteiger partial charge in [-0.05, 0) is 43.2 Å². The van der Waals surface area contributed by atoms with Crippen LogP contribution in [0.15, 0.2) is 36.4 Å². The summed E-state index contributed by atoms with van der Waals surface area (Å²) in [6, 6.07) is 8.64. The molecule has 0 heterocycles. The van der Waals surface area contributed by atoms with Crippen molar-refractivity contribution in [3.63, 3.8) is 0 Å². The fourth-order valence-corrected chi connectivity index (χ4v) is 1.95. The molecule has 2 aromatic carbocycles. The van der Waals surface area contributed by atoms with Crippen LogP contribution in [0.5, 0.6) is 0 Å². The van der Waals surface area contributed by atoms with Crippen LogP contribution in [-0.2, 0) is 4.79 Å². The van der Waals surface area contributed by atoms with Gasteiger partial charge < -0.3 is 10.6 Å². The smallest absolute Gasteiger partial charge is 0.243 e. The highest BCUT2D eigenvalue weighted by atomic mass is 19.1. The standard InChI is InChI=1S/C16H16F2N2O/c1-10-4-3-5-15(11(10)2)19-9-16(21)20-14-7-12(17)6-13(18)8-14/h3-8,19H,9H2,1-2H3,(H,20,21). The number of amides is 1. The van der Waals surface area contributed by atoms with E-state index in [1.54, 1.807) is 0 Å². The number of hydrogen-bond acceptors (Lipinski definition) is 2. The fourth-order valence-electron chi connectivity index (χ4n) is 1.95. The number of carbonyl (C=O) groups excluding carboxylic acids is 1. The van der Waals surface area contributed by atoms with E-state index in [2.05, 4.69) is 10.6 Å². The van der Waals surface area contributed by atoms with Gasteiger partial charge in [-0.3, -0.25) is 4.79 Å². The molecule has 0 unspecified atom stereocenters. The summed E-state index contributed by atoms with van der Waals surface area (Å²) in [5, 5.41) is 5.45. The summed E-state index contributed by atoms with van der Waals surface area (Å²) in [4.78, 5) is 11.8. The monoisotopic (exact) mass is 290 g/mol. The summed E-state index contributed by atoms with van der Waals surface area (Å²) < 4.78 is 26.0. The maximum atomic E-state index is 13.0. The second kappa shape index (κ2) is 6.35. The van der Waals surface area contributed by atoms with Gasteiger partial charge in [-0.15, -0.1) is 0 Å². The Morgan fingerprint density at radius 3 is 2.43 bits per heavy atom. The maximum Gasteiger partial charge on any atom is 0.243 e. The molecule has 3 nitrogen and oxygen atoms in total. The molecule has 0 aromatic heterocycles. The SMILES string of the molecule is Cc1cccc(NCC(=O)Nc2cc(F)cc(F)c2)c1C. The number of carbonyl (C=O) groups is 1. The van der Waals surface area contributed by atoms with Crippen molar-refractivity contribution in [2.45, 2.75) is 13.8 Å². The van der Waals surface area contributed by atoms with Crippen molar-refractivity contribution in [1.29, 1.82) is 0 Å². The highest BCUT2D eigenvalue weighted by molar-refractivity contribution is 5.93. The zero-order valence-corrected chi connectivity index (χ0v) is 11.8. The maximum absolute atomic E-state index is 13.0. The summed E-state index contributed by atoms with van der Waals surface area (Å²) in [6.07, 6.45) is 0. The van der Waals surface area contributed by atoms with E-state index in [0.717, 1.165) is 35.0 Å². The Kier molecular flexibility index (Phi) is 4.52. The third-order valence-electron chi connectivity index (χ3n) is 3.19. The van der Waals surface area contributed by atoms with E-state index >= 15 is 0 Å². The van der Waals surface area contributed by atoms with Crippen molar-refractivity contribution in [2.75, 3.05) is 17.2 Å². The van der Waals surface area contributed by atoms with E-state index in [1.807, 2.05) is 32.0 Å². The Morgan fingerprint density at radius 1 is 1.10 bits per heavy atom. The number of hydrogen-bond donors (Lipinski definition) is 2. The van der Waals surface area contributed by atoms with E-state index in [4.69, 9.17) is 0 Å². The fraction of sp³-hybridized carbons (Fsp3) is 0.188. The Labute approximate surface area is 122 Å². The first kappa shape index (κ1) is 15.0. The van der Waals surface area contributed by atoms with Crippen molar-refractivity contribution in [1.82, 2.24) is 0 Å². The van der Waals surface area contributed by atoms with Gasteiger partial charge in [0, 0.05) is 17.4 Å². The van der Waals surface area contributed by atoms with Crippen LogP contribution in [0.3, 0.4) is 0 Å². The van der Waals surface area contributed by atoms with E-state index in [1.165, 1.54) is 0 Å². The van der Waals surface area contributed by atoms with Gasteiger partial charge in [-0.25, -0.2) is 8.78 Å². The number of halogens is 2. The molecule has 110 valence electrons. The molecule has 0 saturated heterocycles. The van der Waals surface area contributed by atoms with E-state index in [9.17, 15) is 13.6 Å².